The number of nitrogens with one attached hydrogen (secondary N) is 1. The molecular formula is C18H17ClN6O3. The molecule has 144 valence electrons. The number of rotatable bonds is 5. The van der Waals surface area contributed by atoms with Gasteiger partial charge in [0.15, 0.2) is 5.78 Å². The maximum atomic E-state index is 12.5. The monoisotopic (exact) mass is 400 g/mol. The van der Waals surface area contributed by atoms with E-state index in [1.54, 1.807) is 29.2 Å². The molecule has 0 radical (unpaired) electrons. The maximum Gasteiger partial charge on any atom is 0.368 e. The van der Waals surface area contributed by atoms with Gasteiger partial charge in [-0.05, 0) is 41.5 Å². The maximum absolute atomic E-state index is 12.5. The van der Waals surface area contributed by atoms with Crippen LogP contribution < -0.4 is 5.69 Å². The SMILES string of the molecule is O=C(Cn1nnn(-c2ccccc2Cl)c1=O)c1c[nH]c(C(=O)N2CCCC2)c1. The van der Waals surface area contributed by atoms with E-state index in [0.717, 1.165) is 35.3 Å². The molecular weight excluding hydrogens is 384 g/mol. The van der Waals surface area contributed by atoms with E-state index in [4.69, 9.17) is 11.6 Å². The quantitative estimate of drug-likeness (QED) is 0.654. The van der Waals surface area contributed by atoms with E-state index in [2.05, 4.69) is 15.4 Å². The van der Waals surface area contributed by atoms with Crippen molar-refractivity contribution in [2.24, 2.45) is 0 Å². The molecule has 0 spiro atoms. The Balaban J connectivity index is 1.51. The highest BCUT2D eigenvalue weighted by Gasteiger charge is 2.22. The fourth-order valence-corrected chi connectivity index (χ4v) is 3.36. The van der Waals surface area contributed by atoms with E-state index in [-0.39, 0.29) is 18.2 Å². The number of hydrogen-bond acceptors (Lipinski definition) is 5. The summed E-state index contributed by atoms with van der Waals surface area (Å²) in [6.07, 6.45) is 3.44. The molecule has 0 atom stereocenters. The Hall–Kier alpha value is -3.20. The molecule has 0 bridgehead atoms. The summed E-state index contributed by atoms with van der Waals surface area (Å²) in [5.41, 5.74) is 0.470. The number of amides is 1. The number of carbonyl (C=O) groups is 2. The molecule has 3 aromatic rings. The molecule has 0 aliphatic carbocycles. The normalized spacial score (nSPS) is 13.8. The highest BCUT2D eigenvalue weighted by atomic mass is 35.5. The molecule has 1 fully saturated rings. The molecule has 10 heteroatoms. The van der Waals surface area contributed by atoms with Gasteiger partial charge in [-0.2, -0.15) is 9.36 Å². The van der Waals surface area contributed by atoms with Crippen molar-refractivity contribution in [2.75, 3.05) is 13.1 Å². The number of Topliss-reactive ketones (excluding diaryl/α,β-unsaturated/α-hetero) is 1. The third-order valence-corrected chi connectivity index (χ3v) is 4.96. The van der Waals surface area contributed by atoms with Crippen LogP contribution >= 0.6 is 11.6 Å². The molecule has 9 nitrogen and oxygen atoms in total. The molecule has 28 heavy (non-hydrogen) atoms. The van der Waals surface area contributed by atoms with Gasteiger partial charge < -0.3 is 9.88 Å². The molecule has 1 N–H and O–H groups in total. The van der Waals surface area contributed by atoms with Crippen molar-refractivity contribution in [1.82, 2.24) is 29.7 Å². The second kappa shape index (κ2) is 7.43. The summed E-state index contributed by atoms with van der Waals surface area (Å²) in [5.74, 6) is -0.483. The average Bonchev–Trinajstić information content (AvgIpc) is 3.44. The Morgan fingerprint density at radius 1 is 1.14 bits per heavy atom. The molecule has 1 saturated heterocycles. The Morgan fingerprint density at radius 2 is 1.89 bits per heavy atom. The molecule has 1 amide bonds. The third kappa shape index (κ3) is 3.36. The summed E-state index contributed by atoms with van der Waals surface area (Å²) in [4.78, 5) is 42.0. The summed E-state index contributed by atoms with van der Waals surface area (Å²) in [6.45, 7) is 1.15. The van der Waals surface area contributed by atoms with Crippen LogP contribution in [0.1, 0.15) is 33.7 Å². The van der Waals surface area contributed by atoms with E-state index in [0.29, 0.717) is 22.0 Å². The van der Waals surface area contributed by atoms with Gasteiger partial charge in [0.25, 0.3) is 5.91 Å². The van der Waals surface area contributed by atoms with Crippen LogP contribution in [0.5, 0.6) is 0 Å². The summed E-state index contributed by atoms with van der Waals surface area (Å²) in [6, 6.07) is 8.22. The van der Waals surface area contributed by atoms with Crippen LogP contribution in [-0.4, -0.2) is 54.5 Å². The zero-order valence-electron chi connectivity index (χ0n) is 14.8. The van der Waals surface area contributed by atoms with Gasteiger partial charge in [0.05, 0.1) is 10.7 Å². The van der Waals surface area contributed by atoms with Crippen molar-refractivity contribution in [3.05, 3.63) is 63.3 Å². The summed E-state index contributed by atoms with van der Waals surface area (Å²) in [7, 11) is 0. The van der Waals surface area contributed by atoms with Crippen LogP contribution in [0.4, 0.5) is 0 Å². The lowest BCUT2D eigenvalue weighted by molar-refractivity contribution is 0.0787. The van der Waals surface area contributed by atoms with Crippen LogP contribution in [0, 0.1) is 0 Å². The minimum atomic E-state index is -0.578. The second-order valence-electron chi connectivity index (χ2n) is 6.51. The zero-order chi connectivity index (χ0) is 19.7. The highest BCUT2D eigenvalue weighted by molar-refractivity contribution is 6.32. The topological polar surface area (TPSA) is 106 Å². The Bertz CT molecular complexity index is 1090. The van der Waals surface area contributed by atoms with Gasteiger partial charge in [-0.3, -0.25) is 9.59 Å². The van der Waals surface area contributed by atoms with E-state index in [1.807, 2.05) is 0 Å². The number of halogens is 1. The number of tetrazole rings is 1. The molecule has 1 aliphatic rings. The number of carbonyl (C=O) groups excluding carboxylic acids is 2. The molecule has 0 saturated carbocycles. The summed E-state index contributed by atoms with van der Waals surface area (Å²) < 4.78 is 2.00. The number of ketones is 1. The zero-order valence-corrected chi connectivity index (χ0v) is 15.6. The van der Waals surface area contributed by atoms with Gasteiger partial charge in [0, 0.05) is 24.8 Å². The summed E-state index contributed by atoms with van der Waals surface area (Å²) in [5, 5.41) is 7.89. The number of para-hydroxylation sites is 1. The van der Waals surface area contributed by atoms with Gasteiger partial charge in [-0.1, -0.05) is 23.7 Å². The smallest absolute Gasteiger partial charge is 0.356 e. The number of aromatic nitrogens is 5. The number of H-pyrrole nitrogens is 1. The van der Waals surface area contributed by atoms with Crippen molar-refractivity contribution in [1.29, 1.82) is 0 Å². The predicted molar refractivity (Wildman–Crippen MR) is 101 cm³/mol. The first-order valence-electron chi connectivity index (χ1n) is 8.83. The van der Waals surface area contributed by atoms with Gasteiger partial charge >= 0.3 is 5.69 Å². The Kier molecular flexibility index (Phi) is 4.82. The van der Waals surface area contributed by atoms with Crippen LogP contribution in [-0.2, 0) is 6.54 Å². The lowest BCUT2D eigenvalue weighted by atomic mass is 10.2. The third-order valence-electron chi connectivity index (χ3n) is 4.64. The fraction of sp³-hybridized carbons (Fsp3) is 0.278. The van der Waals surface area contributed by atoms with Gasteiger partial charge in [-0.25, -0.2) is 4.79 Å². The minimum Gasteiger partial charge on any atom is -0.356 e. The number of nitrogens with zero attached hydrogens (tertiary/aromatic N) is 5. The number of aromatic amines is 1. The van der Waals surface area contributed by atoms with Gasteiger partial charge in [0.1, 0.15) is 12.2 Å². The molecule has 1 aliphatic heterocycles. The first-order valence-corrected chi connectivity index (χ1v) is 9.21. The second-order valence-corrected chi connectivity index (χ2v) is 6.91. The van der Waals surface area contributed by atoms with E-state index in [1.165, 1.54) is 12.3 Å². The lowest BCUT2D eigenvalue weighted by Gasteiger charge is -2.13. The van der Waals surface area contributed by atoms with Crippen LogP contribution in [0.3, 0.4) is 0 Å². The number of likely N-dealkylation sites (tertiary alicyclic amines) is 1. The van der Waals surface area contributed by atoms with Crippen molar-refractivity contribution in [3.63, 3.8) is 0 Å². The first-order chi connectivity index (χ1) is 13.5. The van der Waals surface area contributed by atoms with E-state index >= 15 is 0 Å². The van der Waals surface area contributed by atoms with Crippen LogP contribution in [0.15, 0.2) is 41.3 Å². The highest BCUT2D eigenvalue weighted by Crippen LogP contribution is 2.17. The van der Waals surface area contributed by atoms with Gasteiger partial charge in [-0.15, -0.1) is 0 Å². The molecule has 2 aromatic heterocycles. The predicted octanol–water partition coefficient (Wildman–Crippen LogP) is 1.53. The largest absolute Gasteiger partial charge is 0.368 e. The van der Waals surface area contributed by atoms with Crippen molar-refractivity contribution >= 4 is 23.3 Å². The number of hydrogen-bond donors (Lipinski definition) is 1. The number of benzene rings is 1. The molecule has 3 heterocycles. The average molecular weight is 401 g/mol. The lowest BCUT2D eigenvalue weighted by Crippen LogP contribution is -2.28. The first kappa shape index (κ1) is 18.2. The van der Waals surface area contributed by atoms with Crippen LogP contribution in [0.2, 0.25) is 5.02 Å². The minimum absolute atomic E-state index is 0.126. The molecule has 1 aromatic carbocycles. The fourth-order valence-electron chi connectivity index (χ4n) is 3.14. The van der Waals surface area contributed by atoms with E-state index < -0.39 is 5.69 Å². The van der Waals surface area contributed by atoms with Gasteiger partial charge in [0.2, 0.25) is 0 Å². The standard InChI is InChI=1S/C18H17ClN6O3/c19-13-5-1-2-6-15(13)25-18(28)24(21-22-25)11-16(26)12-9-14(20-10-12)17(27)23-7-3-4-8-23/h1-2,5-6,9-10,20H,3-4,7-8,11H2. The Labute approximate surface area is 164 Å². The van der Waals surface area contributed by atoms with E-state index in [9.17, 15) is 14.4 Å². The molecule has 0 unspecified atom stereocenters. The van der Waals surface area contributed by atoms with Crippen LogP contribution in [0.25, 0.3) is 5.69 Å². The molecule has 4 rings (SSSR count). The Morgan fingerprint density at radius 3 is 2.64 bits per heavy atom. The van der Waals surface area contributed by atoms with Crippen molar-refractivity contribution in [2.45, 2.75) is 19.4 Å². The summed E-state index contributed by atoms with van der Waals surface area (Å²) >= 11 is 6.08. The van der Waals surface area contributed by atoms with Crippen molar-refractivity contribution < 1.29 is 9.59 Å². The van der Waals surface area contributed by atoms with Crippen molar-refractivity contribution in [3.8, 4) is 5.69 Å².